The predicted octanol–water partition coefficient (Wildman–Crippen LogP) is 0.0535. The van der Waals surface area contributed by atoms with E-state index in [9.17, 15) is 4.79 Å². The van der Waals surface area contributed by atoms with Gasteiger partial charge in [-0.15, -0.1) is 0 Å². The molecule has 7 nitrogen and oxygen atoms in total. The van der Waals surface area contributed by atoms with Gasteiger partial charge in [-0.2, -0.15) is 4.98 Å². The van der Waals surface area contributed by atoms with Crippen LogP contribution in [0.2, 0.25) is 5.02 Å². The molecule has 0 spiro atoms. The number of nitrogens with two attached hydrogens (primary N) is 1. The summed E-state index contributed by atoms with van der Waals surface area (Å²) in [6, 6.07) is -0.458. The van der Waals surface area contributed by atoms with Crippen LogP contribution in [0.5, 0.6) is 0 Å². The zero-order valence-corrected chi connectivity index (χ0v) is 11.4. The third-order valence-corrected chi connectivity index (χ3v) is 3.07. The van der Waals surface area contributed by atoms with E-state index in [4.69, 9.17) is 22.1 Å². The molecule has 1 amide bonds. The highest BCUT2D eigenvalue weighted by Gasteiger charge is 2.31. The van der Waals surface area contributed by atoms with E-state index in [0.29, 0.717) is 37.1 Å². The lowest BCUT2D eigenvalue weighted by molar-refractivity contribution is -0.124. The number of nitrogens with one attached hydrogen (secondary N) is 1. The Morgan fingerprint density at radius 3 is 3.26 bits per heavy atom. The number of likely N-dealkylation sites (N-methyl/N-ethyl adjacent to an activating group) is 1. The van der Waals surface area contributed by atoms with Crippen LogP contribution >= 0.6 is 11.6 Å². The second-order valence-corrected chi connectivity index (χ2v) is 4.49. The zero-order chi connectivity index (χ0) is 13.8. The van der Waals surface area contributed by atoms with Crippen LogP contribution in [-0.4, -0.2) is 48.2 Å². The lowest BCUT2D eigenvalue weighted by atomic mass is 10.2. The lowest BCUT2D eigenvalue weighted by Gasteiger charge is -2.35. The third kappa shape index (κ3) is 3.05. The van der Waals surface area contributed by atoms with Crippen LogP contribution in [0.15, 0.2) is 6.20 Å². The fourth-order valence-electron chi connectivity index (χ4n) is 1.94. The molecule has 0 aliphatic carbocycles. The molecule has 2 rings (SSSR count). The second kappa shape index (κ2) is 6.03. The first-order valence-corrected chi connectivity index (χ1v) is 6.41. The van der Waals surface area contributed by atoms with Gasteiger partial charge in [-0.05, 0) is 6.92 Å². The highest BCUT2D eigenvalue weighted by molar-refractivity contribution is 6.32. The van der Waals surface area contributed by atoms with E-state index in [1.807, 2.05) is 6.92 Å². The number of anilines is 2. The fraction of sp³-hybridized carbons (Fsp3) is 0.545. The van der Waals surface area contributed by atoms with E-state index in [2.05, 4.69) is 15.3 Å². The van der Waals surface area contributed by atoms with Crippen molar-refractivity contribution in [1.82, 2.24) is 15.3 Å². The van der Waals surface area contributed by atoms with E-state index in [0.717, 1.165) is 0 Å². The predicted molar refractivity (Wildman–Crippen MR) is 72.1 cm³/mol. The topological polar surface area (TPSA) is 93.4 Å². The Morgan fingerprint density at radius 2 is 2.53 bits per heavy atom. The molecule has 1 aromatic rings. The van der Waals surface area contributed by atoms with Crippen molar-refractivity contribution in [3.8, 4) is 0 Å². The standard InChI is InChI=1S/C11H16ClN5O2/c1-2-14-10(18)8-6-19-4-3-17(8)9-7(12)5-15-11(13)16-9/h5,8H,2-4,6H2,1H3,(H,14,18)(H2,13,15,16). The van der Waals surface area contributed by atoms with Crippen molar-refractivity contribution in [3.63, 3.8) is 0 Å². The molecule has 1 aliphatic heterocycles. The number of halogens is 1. The van der Waals surface area contributed by atoms with E-state index in [-0.39, 0.29) is 11.9 Å². The van der Waals surface area contributed by atoms with Crippen LogP contribution in [0.25, 0.3) is 0 Å². The van der Waals surface area contributed by atoms with Crippen LogP contribution in [-0.2, 0) is 9.53 Å². The summed E-state index contributed by atoms with van der Waals surface area (Å²) >= 11 is 6.08. The lowest BCUT2D eigenvalue weighted by Crippen LogP contribution is -2.54. The number of nitrogen functional groups attached to an aromatic ring is 1. The first-order valence-electron chi connectivity index (χ1n) is 6.03. The Bertz CT molecular complexity index is 470. The quantitative estimate of drug-likeness (QED) is 0.815. The molecule has 2 heterocycles. The van der Waals surface area contributed by atoms with Crippen molar-refractivity contribution >= 4 is 29.3 Å². The molecule has 1 aromatic heterocycles. The zero-order valence-electron chi connectivity index (χ0n) is 10.6. The van der Waals surface area contributed by atoms with E-state index < -0.39 is 6.04 Å². The van der Waals surface area contributed by atoms with Crippen molar-refractivity contribution < 1.29 is 9.53 Å². The molecule has 3 N–H and O–H groups in total. The molecule has 1 fully saturated rings. The van der Waals surface area contributed by atoms with Gasteiger partial charge in [-0.3, -0.25) is 4.79 Å². The van der Waals surface area contributed by atoms with Gasteiger partial charge >= 0.3 is 0 Å². The molecule has 1 saturated heterocycles. The molecule has 0 radical (unpaired) electrons. The Kier molecular flexibility index (Phi) is 4.39. The van der Waals surface area contributed by atoms with Crippen LogP contribution in [0.3, 0.4) is 0 Å². The summed E-state index contributed by atoms with van der Waals surface area (Å²) in [6.07, 6.45) is 1.43. The number of ether oxygens (including phenoxy) is 1. The van der Waals surface area contributed by atoms with Gasteiger partial charge < -0.3 is 20.7 Å². The number of carbonyl (C=O) groups is 1. The number of aromatic nitrogens is 2. The van der Waals surface area contributed by atoms with Gasteiger partial charge in [0, 0.05) is 13.1 Å². The van der Waals surface area contributed by atoms with Gasteiger partial charge in [0.05, 0.1) is 19.4 Å². The Hall–Kier alpha value is -1.60. The summed E-state index contributed by atoms with van der Waals surface area (Å²) in [5.41, 5.74) is 5.58. The largest absolute Gasteiger partial charge is 0.377 e. The fourth-order valence-corrected chi connectivity index (χ4v) is 2.14. The van der Waals surface area contributed by atoms with Crippen LogP contribution in [0.1, 0.15) is 6.92 Å². The maximum Gasteiger partial charge on any atom is 0.245 e. The van der Waals surface area contributed by atoms with Gasteiger partial charge in [0.25, 0.3) is 0 Å². The summed E-state index contributed by atoms with van der Waals surface area (Å²) in [7, 11) is 0. The van der Waals surface area contributed by atoms with Crippen molar-refractivity contribution in [2.24, 2.45) is 0 Å². The molecule has 0 bridgehead atoms. The maximum atomic E-state index is 12.0. The van der Waals surface area contributed by atoms with Gasteiger partial charge in [-0.1, -0.05) is 11.6 Å². The summed E-state index contributed by atoms with van der Waals surface area (Å²) < 4.78 is 5.35. The molecule has 1 unspecified atom stereocenters. The Balaban J connectivity index is 2.28. The number of nitrogens with zero attached hydrogens (tertiary/aromatic N) is 3. The van der Waals surface area contributed by atoms with Gasteiger partial charge in [-0.25, -0.2) is 4.98 Å². The minimum absolute atomic E-state index is 0.115. The minimum Gasteiger partial charge on any atom is -0.377 e. The van der Waals surface area contributed by atoms with Crippen molar-refractivity contribution in [2.45, 2.75) is 13.0 Å². The number of carbonyl (C=O) groups excluding carboxylic acids is 1. The van der Waals surface area contributed by atoms with E-state index in [1.54, 1.807) is 4.90 Å². The van der Waals surface area contributed by atoms with Crippen LogP contribution in [0.4, 0.5) is 11.8 Å². The molecular weight excluding hydrogens is 270 g/mol. The molecule has 1 aliphatic rings. The van der Waals surface area contributed by atoms with Gasteiger partial charge in [0.1, 0.15) is 11.1 Å². The highest BCUT2D eigenvalue weighted by Crippen LogP contribution is 2.26. The minimum atomic E-state index is -0.458. The van der Waals surface area contributed by atoms with Gasteiger partial charge in [0.15, 0.2) is 5.82 Å². The molecule has 0 saturated carbocycles. The number of morpholine rings is 1. The first-order chi connectivity index (χ1) is 9.13. The average Bonchev–Trinajstić information content (AvgIpc) is 2.42. The number of hydrogen-bond donors (Lipinski definition) is 2. The van der Waals surface area contributed by atoms with E-state index >= 15 is 0 Å². The highest BCUT2D eigenvalue weighted by atomic mass is 35.5. The molecule has 8 heteroatoms. The Morgan fingerprint density at radius 1 is 1.74 bits per heavy atom. The molecule has 1 atom stereocenters. The molecular formula is C11H16ClN5O2. The van der Waals surface area contributed by atoms with Crippen LogP contribution < -0.4 is 16.0 Å². The third-order valence-electron chi connectivity index (χ3n) is 2.80. The number of hydrogen-bond acceptors (Lipinski definition) is 6. The smallest absolute Gasteiger partial charge is 0.245 e. The summed E-state index contributed by atoms with van der Waals surface area (Å²) in [5, 5.41) is 3.14. The van der Waals surface area contributed by atoms with Crippen LogP contribution in [0, 0.1) is 0 Å². The first kappa shape index (κ1) is 13.8. The summed E-state index contributed by atoms with van der Waals surface area (Å²) in [5.74, 6) is 0.477. The SMILES string of the molecule is CCNC(=O)C1COCCN1c1nc(N)ncc1Cl. The summed E-state index contributed by atoms with van der Waals surface area (Å²) in [4.78, 5) is 21.8. The number of rotatable bonds is 3. The average molecular weight is 286 g/mol. The normalized spacial score (nSPS) is 19.3. The number of amides is 1. The monoisotopic (exact) mass is 285 g/mol. The summed E-state index contributed by atoms with van der Waals surface area (Å²) in [6.45, 7) is 3.75. The molecule has 19 heavy (non-hydrogen) atoms. The molecule has 104 valence electrons. The molecule has 0 aromatic carbocycles. The van der Waals surface area contributed by atoms with Crippen molar-refractivity contribution in [1.29, 1.82) is 0 Å². The Labute approximate surface area is 116 Å². The van der Waals surface area contributed by atoms with E-state index in [1.165, 1.54) is 6.20 Å². The van der Waals surface area contributed by atoms with Crippen molar-refractivity contribution in [3.05, 3.63) is 11.2 Å². The second-order valence-electron chi connectivity index (χ2n) is 4.08. The van der Waals surface area contributed by atoms with Crippen molar-refractivity contribution in [2.75, 3.05) is 36.9 Å². The maximum absolute atomic E-state index is 12.0. The van der Waals surface area contributed by atoms with Gasteiger partial charge in [0.2, 0.25) is 11.9 Å².